The van der Waals surface area contributed by atoms with E-state index in [9.17, 15) is 0 Å². The van der Waals surface area contributed by atoms with E-state index in [2.05, 4.69) is 65.8 Å². The zero-order valence-corrected chi connectivity index (χ0v) is 18.2. The Balaban J connectivity index is 2.34. The Morgan fingerprint density at radius 2 is 1.00 bits per heavy atom. The standard InChI is InChI=1S/C24H33OP/c1-16-12-18(3)23(19(4)13-16)26(25,22-10-8-7-9-11-22)24-20(5)14-17(2)15-21(24)6/h12-15,22H,7-11H2,1-6H3. The molecular formula is C24H33OP. The molecule has 0 unspecified atom stereocenters. The van der Waals surface area contributed by atoms with E-state index < -0.39 is 7.14 Å². The molecule has 0 amide bonds. The van der Waals surface area contributed by atoms with Crippen LogP contribution in [0.25, 0.3) is 0 Å². The van der Waals surface area contributed by atoms with E-state index in [1.165, 1.54) is 52.6 Å². The maximum absolute atomic E-state index is 15.1. The Morgan fingerprint density at radius 3 is 1.35 bits per heavy atom. The average molecular weight is 369 g/mol. The molecular weight excluding hydrogens is 335 g/mol. The van der Waals surface area contributed by atoms with Crippen LogP contribution in [0.5, 0.6) is 0 Å². The Bertz CT molecular complexity index is 764. The largest absolute Gasteiger partial charge is 0.313 e. The van der Waals surface area contributed by atoms with Crippen molar-refractivity contribution in [2.45, 2.75) is 79.3 Å². The molecule has 2 heteroatoms. The van der Waals surface area contributed by atoms with Gasteiger partial charge in [0, 0.05) is 16.3 Å². The molecule has 1 aliphatic carbocycles. The van der Waals surface area contributed by atoms with Crippen molar-refractivity contribution in [2.75, 3.05) is 0 Å². The van der Waals surface area contributed by atoms with E-state index in [1.54, 1.807) is 0 Å². The number of hydrogen-bond acceptors (Lipinski definition) is 1. The summed E-state index contributed by atoms with van der Waals surface area (Å²) in [7, 11) is -2.69. The topological polar surface area (TPSA) is 17.1 Å². The lowest BCUT2D eigenvalue weighted by Crippen LogP contribution is -2.33. The van der Waals surface area contributed by atoms with Crippen LogP contribution < -0.4 is 10.6 Å². The first-order valence-electron chi connectivity index (χ1n) is 10.0. The van der Waals surface area contributed by atoms with Crippen LogP contribution in [0.2, 0.25) is 0 Å². The van der Waals surface area contributed by atoms with Gasteiger partial charge in [-0.2, -0.15) is 0 Å². The Kier molecular flexibility index (Phi) is 5.50. The van der Waals surface area contributed by atoms with Gasteiger partial charge in [0.25, 0.3) is 0 Å². The fraction of sp³-hybridized carbons (Fsp3) is 0.500. The van der Waals surface area contributed by atoms with Gasteiger partial charge in [0.05, 0.1) is 0 Å². The van der Waals surface area contributed by atoms with Crippen LogP contribution >= 0.6 is 7.14 Å². The van der Waals surface area contributed by atoms with Gasteiger partial charge in [-0.3, -0.25) is 0 Å². The second kappa shape index (κ2) is 7.35. The van der Waals surface area contributed by atoms with Gasteiger partial charge < -0.3 is 4.57 Å². The predicted molar refractivity (Wildman–Crippen MR) is 115 cm³/mol. The lowest BCUT2D eigenvalue weighted by atomic mass is 10.0. The Labute approximate surface area is 159 Å². The molecule has 140 valence electrons. The van der Waals surface area contributed by atoms with Gasteiger partial charge in [0.2, 0.25) is 0 Å². The third-order valence-corrected chi connectivity index (χ3v) is 10.3. The van der Waals surface area contributed by atoms with Crippen molar-refractivity contribution in [1.82, 2.24) is 0 Å². The molecule has 1 saturated carbocycles. The van der Waals surface area contributed by atoms with Crippen LogP contribution in [0.15, 0.2) is 24.3 Å². The van der Waals surface area contributed by atoms with Gasteiger partial charge >= 0.3 is 0 Å². The highest BCUT2D eigenvalue weighted by Crippen LogP contribution is 2.56. The molecule has 0 aliphatic heterocycles. The van der Waals surface area contributed by atoms with Crippen molar-refractivity contribution in [2.24, 2.45) is 0 Å². The monoisotopic (exact) mass is 368 g/mol. The minimum Gasteiger partial charge on any atom is -0.313 e. The Hall–Kier alpha value is -1.33. The first-order valence-corrected chi connectivity index (χ1v) is 11.8. The second-order valence-electron chi connectivity index (χ2n) is 8.44. The van der Waals surface area contributed by atoms with Crippen molar-refractivity contribution in [3.05, 3.63) is 57.6 Å². The summed E-state index contributed by atoms with van der Waals surface area (Å²) in [6, 6.07) is 8.88. The maximum Gasteiger partial charge on any atom is 0.147 e. The van der Waals surface area contributed by atoms with Crippen molar-refractivity contribution in [3.8, 4) is 0 Å². The highest BCUT2D eigenvalue weighted by atomic mass is 31.2. The molecule has 1 aliphatic rings. The van der Waals surface area contributed by atoms with Crippen LogP contribution in [-0.4, -0.2) is 5.66 Å². The minimum atomic E-state index is -2.69. The molecule has 0 radical (unpaired) electrons. The van der Waals surface area contributed by atoms with E-state index in [-0.39, 0.29) is 5.66 Å². The average Bonchev–Trinajstić information content (AvgIpc) is 2.53. The van der Waals surface area contributed by atoms with E-state index in [1.807, 2.05) is 0 Å². The van der Waals surface area contributed by atoms with Gasteiger partial charge in [-0.1, -0.05) is 54.7 Å². The minimum absolute atomic E-state index is 0.288. The summed E-state index contributed by atoms with van der Waals surface area (Å²) >= 11 is 0. The molecule has 0 atom stereocenters. The normalized spacial score (nSPS) is 16.1. The molecule has 0 spiro atoms. The van der Waals surface area contributed by atoms with Crippen LogP contribution in [0.4, 0.5) is 0 Å². The molecule has 3 rings (SSSR count). The molecule has 0 aromatic heterocycles. The summed E-state index contributed by atoms with van der Waals surface area (Å²) in [6.45, 7) is 12.9. The Morgan fingerprint density at radius 1 is 0.654 bits per heavy atom. The maximum atomic E-state index is 15.1. The molecule has 0 saturated heterocycles. The van der Waals surface area contributed by atoms with Crippen molar-refractivity contribution in [3.63, 3.8) is 0 Å². The van der Waals surface area contributed by atoms with Gasteiger partial charge in [0.15, 0.2) is 0 Å². The third-order valence-electron chi connectivity index (χ3n) is 6.02. The summed E-state index contributed by atoms with van der Waals surface area (Å²) in [5.41, 5.74) is 7.63. The van der Waals surface area contributed by atoms with E-state index >= 15 is 4.57 Å². The molecule has 0 bridgehead atoms. The molecule has 2 aromatic carbocycles. The molecule has 26 heavy (non-hydrogen) atoms. The first-order chi connectivity index (χ1) is 12.2. The smallest absolute Gasteiger partial charge is 0.147 e. The predicted octanol–water partition coefficient (Wildman–Crippen LogP) is 6.18. The van der Waals surface area contributed by atoms with Gasteiger partial charge in [-0.15, -0.1) is 0 Å². The summed E-state index contributed by atoms with van der Waals surface area (Å²) < 4.78 is 15.1. The summed E-state index contributed by atoms with van der Waals surface area (Å²) in [4.78, 5) is 0. The summed E-state index contributed by atoms with van der Waals surface area (Å²) in [6.07, 6.45) is 5.90. The highest BCUT2D eigenvalue weighted by Gasteiger charge is 2.41. The van der Waals surface area contributed by atoms with Crippen LogP contribution in [0.1, 0.15) is 65.5 Å². The first kappa shape index (κ1) is 19.4. The third kappa shape index (κ3) is 3.31. The van der Waals surface area contributed by atoms with Crippen LogP contribution in [0, 0.1) is 41.5 Å². The quantitative estimate of drug-likeness (QED) is 0.591. The van der Waals surface area contributed by atoms with E-state index in [0.717, 1.165) is 23.5 Å². The number of aryl methyl sites for hydroxylation is 6. The molecule has 1 fully saturated rings. The molecule has 1 nitrogen and oxygen atoms in total. The van der Waals surface area contributed by atoms with Gasteiger partial charge in [-0.25, -0.2) is 0 Å². The highest BCUT2D eigenvalue weighted by molar-refractivity contribution is 7.79. The van der Waals surface area contributed by atoms with Crippen molar-refractivity contribution >= 4 is 17.8 Å². The second-order valence-corrected chi connectivity index (χ2v) is 11.4. The van der Waals surface area contributed by atoms with Crippen LogP contribution in [-0.2, 0) is 4.57 Å². The SMILES string of the molecule is Cc1cc(C)c(P(=O)(c2c(C)cc(C)cc2C)C2CCCCC2)c(C)c1. The fourth-order valence-electron chi connectivity index (χ4n) is 5.31. The number of benzene rings is 2. The zero-order chi connectivity index (χ0) is 19.1. The van der Waals surface area contributed by atoms with Crippen molar-refractivity contribution < 1.29 is 4.57 Å². The summed E-state index contributed by atoms with van der Waals surface area (Å²) in [5, 5.41) is 2.29. The molecule has 0 heterocycles. The number of rotatable bonds is 3. The molecule has 2 aromatic rings. The lowest BCUT2D eigenvalue weighted by Gasteiger charge is -2.35. The molecule has 0 N–H and O–H groups in total. The fourth-order valence-corrected chi connectivity index (χ4v) is 9.71. The summed E-state index contributed by atoms with van der Waals surface area (Å²) in [5.74, 6) is 0. The van der Waals surface area contributed by atoms with Gasteiger partial charge in [0.1, 0.15) is 7.14 Å². The van der Waals surface area contributed by atoms with Crippen molar-refractivity contribution in [1.29, 1.82) is 0 Å². The van der Waals surface area contributed by atoms with E-state index in [4.69, 9.17) is 0 Å². The van der Waals surface area contributed by atoms with Crippen LogP contribution in [0.3, 0.4) is 0 Å². The lowest BCUT2D eigenvalue weighted by molar-refractivity contribution is 0.490. The van der Waals surface area contributed by atoms with Gasteiger partial charge in [-0.05, 0) is 76.6 Å². The number of hydrogen-bond donors (Lipinski definition) is 0. The zero-order valence-electron chi connectivity index (χ0n) is 17.3. The van der Waals surface area contributed by atoms with E-state index in [0.29, 0.717) is 0 Å².